The fourth-order valence-electron chi connectivity index (χ4n) is 1.88. The van der Waals surface area contributed by atoms with Crippen molar-refractivity contribution in [1.82, 2.24) is 0 Å². The lowest BCUT2D eigenvalue weighted by Crippen LogP contribution is -2.19. The van der Waals surface area contributed by atoms with Gasteiger partial charge in [-0.1, -0.05) is 0 Å². The standard InChI is InChI=1S/C13H12O5/c1-7-3-8(18-6-17-2)4-9-12(7)10(14)5-11(15)13(9)16/h3-5,14H,6H2,1-2H3. The number of rotatable bonds is 3. The molecule has 0 heterocycles. The molecule has 0 atom stereocenters. The zero-order chi connectivity index (χ0) is 13.3. The van der Waals surface area contributed by atoms with Crippen molar-refractivity contribution < 1.29 is 24.2 Å². The molecule has 2 rings (SSSR count). The summed E-state index contributed by atoms with van der Waals surface area (Å²) in [6.45, 7) is 1.77. The molecule has 0 radical (unpaired) electrons. The monoisotopic (exact) mass is 248 g/mol. The minimum Gasteiger partial charge on any atom is -0.507 e. The third-order valence-electron chi connectivity index (χ3n) is 2.64. The molecule has 0 bridgehead atoms. The SMILES string of the molecule is COCOc1cc(C)c2c(c1)C(=O)C(=O)C=C2O. The third-order valence-corrected chi connectivity index (χ3v) is 2.64. The number of benzene rings is 1. The number of aryl methyl sites for hydroxylation is 1. The van der Waals surface area contributed by atoms with Crippen molar-refractivity contribution in [3.05, 3.63) is 34.9 Å². The van der Waals surface area contributed by atoms with E-state index in [0.29, 0.717) is 16.9 Å². The lowest BCUT2D eigenvalue weighted by molar-refractivity contribution is -0.111. The second-order valence-corrected chi connectivity index (χ2v) is 3.94. The quantitative estimate of drug-likeness (QED) is 0.650. The number of ketones is 2. The summed E-state index contributed by atoms with van der Waals surface area (Å²) in [4.78, 5) is 23.1. The molecule has 1 N–H and O–H groups in total. The van der Waals surface area contributed by atoms with Gasteiger partial charge in [0.1, 0.15) is 11.5 Å². The summed E-state index contributed by atoms with van der Waals surface area (Å²) in [5, 5.41) is 9.72. The topological polar surface area (TPSA) is 72.8 Å². The van der Waals surface area contributed by atoms with E-state index in [2.05, 4.69) is 0 Å². The number of Topliss-reactive ketones (excluding diaryl/α,β-unsaturated/α-hetero) is 1. The van der Waals surface area contributed by atoms with Gasteiger partial charge in [0.2, 0.25) is 11.6 Å². The molecule has 0 fully saturated rings. The second-order valence-electron chi connectivity index (χ2n) is 3.94. The van der Waals surface area contributed by atoms with E-state index in [0.717, 1.165) is 6.08 Å². The summed E-state index contributed by atoms with van der Waals surface area (Å²) < 4.78 is 10.00. The smallest absolute Gasteiger partial charge is 0.233 e. The number of hydrogen-bond donors (Lipinski definition) is 1. The zero-order valence-corrected chi connectivity index (χ0v) is 10.0. The molecule has 0 spiro atoms. The number of ether oxygens (including phenoxy) is 2. The van der Waals surface area contributed by atoms with Gasteiger partial charge in [-0.3, -0.25) is 9.59 Å². The van der Waals surface area contributed by atoms with Crippen LogP contribution in [-0.4, -0.2) is 30.6 Å². The van der Waals surface area contributed by atoms with E-state index >= 15 is 0 Å². The first-order valence-corrected chi connectivity index (χ1v) is 5.30. The molecule has 1 aliphatic rings. The Morgan fingerprint density at radius 1 is 1.28 bits per heavy atom. The molecule has 18 heavy (non-hydrogen) atoms. The van der Waals surface area contributed by atoms with Crippen LogP contribution in [0, 0.1) is 6.92 Å². The highest BCUT2D eigenvalue weighted by molar-refractivity contribution is 6.50. The molecule has 1 aromatic carbocycles. The number of carbonyl (C=O) groups excluding carboxylic acids is 2. The van der Waals surface area contributed by atoms with Crippen LogP contribution < -0.4 is 4.74 Å². The van der Waals surface area contributed by atoms with E-state index in [-0.39, 0.29) is 18.1 Å². The van der Waals surface area contributed by atoms with Gasteiger partial charge in [0.15, 0.2) is 6.79 Å². The van der Waals surface area contributed by atoms with E-state index in [1.165, 1.54) is 13.2 Å². The van der Waals surface area contributed by atoms with Crippen LogP contribution in [0.1, 0.15) is 21.5 Å². The summed E-state index contributed by atoms with van der Waals surface area (Å²) in [6, 6.07) is 3.11. The first-order chi connectivity index (χ1) is 8.54. The Balaban J connectivity index is 2.53. The van der Waals surface area contributed by atoms with Crippen molar-refractivity contribution in [3.8, 4) is 5.75 Å². The van der Waals surface area contributed by atoms with Crippen molar-refractivity contribution in [2.24, 2.45) is 0 Å². The second kappa shape index (κ2) is 4.62. The number of aliphatic hydroxyl groups is 1. The molecular formula is C13H12O5. The Bertz CT molecular complexity index is 557. The largest absolute Gasteiger partial charge is 0.507 e. The first-order valence-electron chi connectivity index (χ1n) is 5.30. The van der Waals surface area contributed by atoms with Crippen LogP contribution in [0.25, 0.3) is 5.76 Å². The summed E-state index contributed by atoms with van der Waals surface area (Å²) in [5.74, 6) is -1.15. The number of hydrogen-bond acceptors (Lipinski definition) is 5. The zero-order valence-electron chi connectivity index (χ0n) is 10.0. The molecular weight excluding hydrogens is 236 g/mol. The van der Waals surface area contributed by atoms with E-state index < -0.39 is 11.6 Å². The van der Waals surface area contributed by atoms with Crippen LogP contribution in [-0.2, 0) is 9.53 Å². The number of aliphatic hydroxyl groups excluding tert-OH is 1. The van der Waals surface area contributed by atoms with Gasteiger partial charge in [0.25, 0.3) is 0 Å². The van der Waals surface area contributed by atoms with Crippen LogP contribution in [0.3, 0.4) is 0 Å². The summed E-state index contributed by atoms with van der Waals surface area (Å²) in [6.07, 6.45) is 0.938. The number of methoxy groups -OCH3 is 1. The van der Waals surface area contributed by atoms with E-state index in [1.807, 2.05) is 0 Å². The van der Waals surface area contributed by atoms with Gasteiger partial charge in [0, 0.05) is 24.3 Å². The van der Waals surface area contributed by atoms with Gasteiger partial charge in [-0.15, -0.1) is 0 Å². The summed E-state index contributed by atoms with van der Waals surface area (Å²) >= 11 is 0. The third kappa shape index (κ3) is 2.00. The Labute approximate surface area is 104 Å². The van der Waals surface area contributed by atoms with Gasteiger partial charge < -0.3 is 14.6 Å². The maximum Gasteiger partial charge on any atom is 0.233 e. The van der Waals surface area contributed by atoms with Crippen LogP contribution in [0.2, 0.25) is 0 Å². The molecule has 0 unspecified atom stereocenters. The van der Waals surface area contributed by atoms with Crippen molar-refractivity contribution in [2.45, 2.75) is 6.92 Å². The van der Waals surface area contributed by atoms with E-state index in [1.54, 1.807) is 13.0 Å². The Morgan fingerprint density at radius 2 is 2.00 bits per heavy atom. The molecule has 1 aromatic rings. The molecule has 0 aromatic heterocycles. The predicted octanol–water partition coefficient (Wildman–Crippen LogP) is 1.64. The molecule has 0 aliphatic heterocycles. The van der Waals surface area contributed by atoms with Crippen LogP contribution in [0.15, 0.2) is 18.2 Å². The Hall–Kier alpha value is -2.14. The van der Waals surface area contributed by atoms with Gasteiger partial charge in [-0.2, -0.15) is 0 Å². The number of allylic oxidation sites excluding steroid dienone is 1. The van der Waals surface area contributed by atoms with Gasteiger partial charge in [0.05, 0.1) is 0 Å². The molecule has 1 aliphatic carbocycles. The molecule has 0 saturated heterocycles. The first kappa shape index (κ1) is 12.3. The highest BCUT2D eigenvalue weighted by Gasteiger charge is 2.27. The van der Waals surface area contributed by atoms with Crippen molar-refractivity contribution >= 4 is 17.3 Å². The van der Waals surface area contributed by atoms with Gasteiger partial charge in [-0.25, -0.2) is 0 Å². The van der Waals surface area contributed by atoms with Crippen molar-refractivity contribution in [1.29, 1.82) is 0 Å². The molecule has 0 amide bonds. The van der Waals surface area contributed by atoms with Gasteiger partial charge >= 0.3 is 0 Å². The van der Waals surface area contributed by atoms with E-state index in [9.17, 15) is 14.7 Å². The normalized spacial score (nSPS) is 14.2. The maximum absolute atomic E-state index is 11.7. The average molecular weight is 248 g/mol. The minimum atomic E-state index is -0.733. The predicted molar refractivity (Wildman–Crippen MR) is 63.6 cm³/mol. The van der Waals surface area contributed by atoms with Gasteiger partial charge in [-0.05, 0) is 24.6 Å². The maximum atomic E-state index is 11.7. The Kier molecular flexibility index (Phi) is 3.16. The Morgan fingerprint density at radius 3 is 2.67 bits per heavy atom. The highest BCUT2D eigenvalue weighted by atomic mass is 16.7. The average Bonchev–Trinajstić information content (AvgIpc) is 2.32. The van der Waals surface area contributed by atoms with Crippen LogP contribution in [0.4, 0.5) is 0 Å². The van der Waals surface area contributed by atoms with Crippen LogP contribution >= 0.6 is 0 Å². The molecule has 5 heteroatoms. The highest BCUT2D eigenvalue weighted by Crippen LogP contribution is 2.30. The molecule has 0 saturated carbocycles. The van der Waals surface area contributed by atoms with Crippen molar-refractivity contribution in [3.63, 3.8) is 0 Å². The molecule has 5 nitrogen and oxygen atoms in total. The fraction of sp³-hybridized carbons (Fsp3) is 0.231. The lowest BCUT2D eigenvalue weighted by atomic mass is 9.90. The minimum absolute atomic E-state index is 0.0438. The molecule has 94 valence electrons. The van der Waals surface area contributed by atoms with Crippen LogP contribution in [0.5, 0.6) is 5.75 Å². The fourth-order valence-corrected chi connectivity index (χ4v) is 1.88. The number of fused-ring (bicyclic) bond motifs is 1. The lowest BCUT2D eigenvalue weighted by Gasteiger charge is -2.16. The van der Waals surface area contributed by atoms with Crippen molar-refractivity contribution in [2.75, 3.05) is 13.9 Å². The van der Waals surface area contributed by atoms with E-state index in [4.69, 9.17) is 9.47 Å². The number of carbonyl (C=O) groups is 2. The summed E-state index contributed by atoms with van der Waals surface area (Å²) in [5.41, 5.74) is 1.20. The summed E-state index contributed by atoms with van der Waals surface area (Å²) in [7, 11) is 1.48.